The Labute approximate surface area is 97.8 Å². The van der Waals surface area contributed by atoms with Crippen molar-refractivity contribution in [3.63, 3.8) is 0 Å². The molecule has 16 heavy (non-hydrogen) atoms. The molecule has 1 saturated heterocycles. The van der Waals surface area contributed by atoms with Gasteiger partial charge in [0, 0.05) is 6.54 Å². The van der Waals surface area contributed by atoms with Crippen LogP contribution in [-0.2, 0) is 4.79 Å². The van der Waals surface area contributed by atoms with Gasteiger partial charge < -0.3 is 15.7 Å². The van der Waals surface area contributed by atoms with Crippen molar-refractivity contribution < 1.29 is 9.90 Å². The van der Waals surface area contributed by atoms with Crippen molar-refractivity contribution in [2.75, 3.05) is 13.1 Å². The van der Waals surface area contributed by atoms with Crippen LogP contribution in [0.1, 0.15) is 46.0 Å². The summed E-state index contributed by atoms with van der Waals surface area (Å²) in [5.74, 6) is 0.0441. The number of aliphatic hydroxyl groups is 1. The molecular formula is C12H24N2O2. The van der Waals surface area contributed by atoms with E-state index >= 15 is 0 Å². The highest BCUT2D eigenvalue weighted by Crippen LogP contribution is 2.22. The first-order valence-electron chi connectivity index (χ1n) is 6.36. The third kappa shape index (κ3) is 3.19. The Balaban J connectivity index is 2.38. The van der Waals surface area contributed by atoms with Crippen LogP contribution >= 0.6 is 0 Å². The molecule has 2 unspecified atom stereocenters. The van der Waals surface area contributed by atoms with E-state index in [0.29, 0.717) is 6.54 Å². The van der Waals surface area contributed by atoms with Crippen LogP contribution < -0.4 is 10.6 Å². The summed E-state index contributed by atoms with van der Waals surface area (Å²) in [6.45, 7) is 5.34. The molecule has 1 amide bonds. The van der Waals surface area contributed by atoms with Gasteiger partial charge in [-0.1, -0.05) is 20.3 Å². The molecule has 1 fully saturated rings. The second-order valence-electron chi connectivity index (χ2n) is 4.62. The molecule has 0 aromatic carbocycles. The van der Waals surface area contributed by atoms with E-state index in [9.17, 15) is 9.90 Å². The summed E-state index contributed by atoms with van der Waals surface area (Å²) in [6, 6.07) is 0. The number of hydrogen-bond donors (Lipinski definition) is 3. The molecule has 0 aromatic heterocycles. The second-order valence-corrected chi connectivity index (χ2v) is 4.62. The Morgan fingerprint density at radius 2 is 2.31 bits per heavy atom. The van der Waals surface area contributed by atoms with Crippen LogP contribution in [0.15, 0.2) is 0 Å². The predicted molar refractivity (Wildman–Crippen MR) is 64.2 cm³/mol. The molecule has 3 N–H and O–H groups in total. The molecule has 4 heteroatoms. The van der Waals surface area contributed by atoms with E-state index in [2.05, 4.69) is 10.6 Å². The number of aliphatic hydroxyl groups excluding tert-OH is 1. The minimum absolute atomic E-state index is 0.0441. The first-order valence-corrected chi connectivity index (χ1v) is 6.36. The van der Waals surface area contributed by atoms with Crippen LogP contribution in [0.3, 0.4) is 0 Å². The van der Waals surface area contributed by atoms with Crippen LogP contribution in [0.25, 0.3) is 0 Å². The molecule has 0 radical (unpaired) electrons. The fraction of sp³-hybridized carbons (Fsp3) is 0.917. The SMILES string of the molecule is CCCC(O)CNC(=O)C1(CC)CCCN1. The highest BCUT2D eigenvalue weighted by atomic mass is 16.3. The predicted octanol–water partition coefficient (Wildman–Crippen LogP) is 0.796. The fourth-order valence-corrected chi connectivity index (χ4v) is 2.28. The average Bonchev–Trinajstić information content (AvgIpc) is 2.76. The van der Waals surface area contributed by atoms with Gasteiger partial charge in [-0.15, -0.1) is 0 Å². The van der Waals surface area contributed by atoms with Crippen LogP contribution in [0.5, 0.6) is 0 Å². The number of amides is 1. The quantitative estimate of drug-likeness (QED) is 0.630. The topological polar surface area (TPSA) is 61.4 Å². The maximum absolute atomic E-state index is 12.0. The zero-order valence-corrected chi connectivity index (χ0v) is 10.4. The average molecular weight is 228 g/mol. The van der Waals surface area contributed by atoms with Gasteiger partial charge in [-0.2, -0.15) is 0 Å². The Kier molecular flexibility index (Phi) is 5.22. The molecule has 0 saturated carbocycles. The lowest BCUT2D eigenvalue weighted by Crippen LogP contribution is -2.54. The molecule has 94 valence electrons. The number of carbonyl (C=O) groups excluding carboxylic acids is 1. The lowest BCUT2D eigenvalue weighted by molar-refractivity contribution is -0.127. The van der Waals surface area contributed by atoms with E-state index in [0.717, 1.165) is 38.6 Å². The minimum atomic E-state index is -0.413. The van der Waals surface area contributed by atoms with Crippen molar-refractivity contribution in [3.05, 3.63) is 0 Å². The Bertz CT molecular complexity index is 225. The lowest BCUT2D eigenvalue weighted by Gasteiger charge is -2.27. The van der Waals surface area contributed by atoms with E-state index in [1.54, 1.807) is 0 Å². The van der Waals surface area contributed by atoms with E-state index in [1.807, 2.05) is 13.8 Å². The standard InChI is InChI=1S/C12H24N2O2/c1-3-6-10(15)9-13-11(16)12(4-2)7-5-8-14-12/h10,14-15H,3-9H2,1-2H3,(H,13,16). The van der Waals surface area contributed by atoms with Crippen molar-refractivity contribution in [3.8, 4) is 0 Å². The zero-order chi connectivity index (χ0) is 12.0. The Morgan fingerprint density at radius 3 is 2.81 bits per heavy atom. The van der Waals surface area contributed by atoms with Crippen molar-refractivity contribution >= 4 is 5.91 Å². The number of nitrogens with one attached hydrogen (secondary N) is 2. The molecule has 1 aliphatic heterocycles. The summed E-state index contributed by atoms with van der Waals surface area (Å²) in [6.07, 6.45) is 4.03. The third-order valence-electron chi connectivity index (χ3n) is 3.40. The summed E-state index contributed by atoms with van der Waals surface area (Å²) in [7, 11) is 0. The molecule has 2 atom stereocenters. The van der Waals surface area contributed by atoms with Gasteiger partial charge in [-0.05, 0) is 32.2 Å². The second kappa shape index (κ2) is 6.21. The first kappa shape index (κ1) is 13.5. The number of carbonyl (C=O) groups is 1. The molecule has 1 heterocycles. The molecular weight excluding hydrogens is 204 g/mol. The molecule has 1 aliphatic rings. The van der Waals surface area contributed by atoms with Gasteiger partial charge in [0.25, 0.3) is 0 Å². The third-order valence-corrected chi connectivity index (χ3v) is 3.40. The van der Waals surface area contributed by atoms with Gasteiger partial charge in [0.05, 0.1) is 11.6 Å². The summed E-state index contributed by atoms with van der Waals surface area (Å²) < 4.78 is 0. The van der Waals surface area contributed by atoms with Crippen molar-refractivity contribution in [1.82, 2.24) is 10.6 Å². The fourth-order valence-electron chi connectivity index (χ4n) is 2.28. The van der Waals surface area contributed by atoms with Crippen molar-refractivity contribution in [1.29, 1.82) is 0 Å². The number of rotatable bonds is 6. The molecule has 0 aliphatic carbocycles. The monoisotopic (exact) mass is 228 g/mol. The zero-order valence-electron chi connectivity index (χ0n) is 10.4. The highest BCUT2D eigenvalue weighted by molar-refractivity contribution is 5.86. The van der Waals surface area contributed by atoms with Gasteiger partial charge in [-0.25, -0.2) is 0 Å². The summed E-state index contributed by atoms with van der Waals surface area (Å²) in [4.78, 5) is 12.0. The summed E-state index contributed by atoms with van der Waals surface area (Å²) in [5, 5.41) is 15.7. The van der Waals surface area contributed by atoms with E-state index in [-0.39, 0.29) is 11.4 Å². The molecule has 0 bridgehead atoms. The highest BCUT2D eigenvalue weighted by Gasteiger charge is 2.38. The van der Waals surface area contributed by atoms with Crippen molar-refractivity contribution in [2.24, 2.45) is 0 Å². The van der Waals surface area contributed by atoms with Gasteiger partial charge >= 0.3 is 0 Å². The summed E-state index contributed by atoms with van der Waals surface area (Å²) in [5.41, 5.74) is -0.383. The van der Waals surface area contributed by atoms with E-state index in [4.69, 9.17) is 0 Å². The van der Waals surface area contributed by atoms with Crippen LogP contribution in [-0.4, -0.2) is 35.7 Å². The van der Waals surface area contributed by atoms with Crippen molar-refractivity contribution in [2.45, 2.75) is 57.6 Å². The van der Waals surface area contributed by atoms with Gasteiger partial charge in [-0.3, -0.25) is 4.79 Å². The van der Waals surface area contributed by atoms with Crippen LogP contribution in [0.4, 0.5) is 0 Å². The van der Waals surface area contributed by atoms with E-state index in [1.165, 1.54) is 0 Å². The molecule has 0 aromatic rings. The Hall–Kier alpha value is -0.610. The largest absolute Gasteiger partial charge is 0.391 e. The summed E-state index contributed by atoms with van der Waals surface area (Å²) >= 11 is 0. The number of hydrogen-bond acceptors (Lipinski definition) is 3. The van der Waals surface area contributed by atoms with Gasteiger partial charge in [0.2, 0.25) is 5.91 Å². The normalized spacial score (nSPS) is 26.7. The van der Waals surface area contributed by atoms with E-state index < -0.39 is 6.10 Å². The first-order chi connectivity index (χ1) is 7.64. The minimum Gasteiger partial charge on any atom is -0.391 e. The maximum atomic E-state index is 12.0. The van der Waals surface area contributed by atoms with Gasteiger partial charge in [0.1, 0.15) is 0 Å². The molecule has 4 nitrogen and oxygen atoms in total. The lowest BCUT2D eigenvalue weighted by atomic mass is 9.93. The molecule has 0 spiro atoms. The smallest absolute Gasteiger partial charge is 0.240 e. The Morgan fingerprint density at radius 1 is 1.56 bits per heavy atom. The molecule has 1 rings (SSSR count). The maximum Gasteiger partial charge on any atom is 0.240 e. The van der Waals surface area contributed by atoms with Crippen LogP contribution in [0.2, 0.25) is 0 Å². The van der Waals surface area contributed by atoms with Gasteiger partial charge in [0.15, 0.2) is 0 Å². The van der Waals surface area contributed by atoms with Crippen LogP contribution in [0, 0.1) is 0 Å².